The smallest absolute Gasteiger partial charge is 0.0699 e. The molecule has 1 rings (SSSR count). The van der Waals surface area contributed by atoms with Crippen LogP contribution in [0.3, 0.4) is 0 Å². The van der Waals surface area contributed by atoms with Crippen LogP contribution in [0.25, 0.3) is 0 Å². The van der Waals surface area contributed by atoms with Gasteiger partial charge >= 0.3 is 0 Å². The summed E-state index contributed by atoms with van der Waals surface area (Å²) >= 11 is 0. The van der Waals surface area contributed by atoms with Gasteiger partial charge in [-0.25, -0.2) is 0 Å². The third-order valence-corrected chi connectivity index (χ3v) is 2.35. The maximum atomic E-state index is 5.71. The van der Waals surface area contributed by atoms with Crippen LogP contribution in [0.1, 0.15) is 25.7 Å². The second kappa shape index (κ2) is 7.30. The van der Waals surface area contributed by atoms with E-state index in [0.717, 1.165) is 39.1 Å². The van der Waals surface area contributed by atoms with E-state index in [0.29, 0.717) is 6.10 Å². The highest BCUT2D eigenvalue weighted by Gasteiger charge is 2.12. The molecule has 0 unspecified atom stereocenters. The summed E-state index contributed by atoms with van der Waals surface area (Å²) in [5.74, 6) is 0. The first-order chi connectivity index (χ1) is 6.43. The first-order valence-electron chi connectivity index (χ1n) is 5.24. The molecule has 78 valence electrons. The summed E-state index contributed by atoms with van der Waals surface area (Å²) < 4.78 is 10.7. The van der Waals surface area contributed by atoms with Crippen LogP contribution < -0.4 is 5.32 Å². The van der Waals surface area contributed by atoms with Crippen LogP contribution in [-0.4, -0.2) is 39.5 Å². The molecule has 1 aliphatic rings. The molecule has 0 aromatic rings. The predicted molar refractivity (Wildman–Crippen MR) is 53.0 cm³/mol. The monoisotopic (exact) mass is 187 g/mol. The van der Waals surface area contributed by atoms with E-state index < -0.39 is 0 Å². The molecule has 0 radical (unpaired) electrons. The van der Waals surface area contributed by atoms with E-state index in [1.54, 1.807) is 7.11 Å². The molecule has 3 heteroatoms. The molecule has 0 spiro atoms. The molecule has 13 heavy (non-hydrogen) atoms. The van der Waals surface area contributed by atoms with Crippen molar-refractivity contribution in [3.05, 3.63) is 0 Å². The zero-order chi connectivity index (χ0) is 9.36. The number of piperidine rings is 1. The van der Waals surface area contributed by atoms with Crippen molar-refractivity contribution in [2.45, 2.75) is 31.8 Å². The van der Waals surface area contributed by atoms with E-state index in [4.69, 9.17) is 9.47 Å². The second-order valence-corrected chi connectivity index (χ2v) is 3.54. The zero-order valence-corrected chi connectivity index (χ0v) is 8.55. The van der Waals surface area contributed by atoms with Gasteiger partial charge in [-0.3, -0.25) is 0 Å². The first-order valence-corrected chi connectivity index (χ1v) is 5.24. The lowest BCUT2D eigenvalue weighted by molar-refractivity contribution is 0.0322. The Kier molecular flexibility index (Phi) is 6.15. The SMILES string of the molecule is COCCCCO[C@H]1CCCNC1. The molecule has 1 heterocycles. The molecule has 0 bridgehead atoms. The minimum atomic E-state index is 0.455. The van der Waals surface area contributed by atoms with Gasteiger partial charge in [0.25, 0.3) is 0 Å². The van der Waals surface area contributed by atoms with Crippen molar-refractivity contribution in [2.24, 2.45) is 0 Å². The van der Waals surface area contributed by atoms with Crippen molar-refractivity contribution >= 4 is 0 Å². The van der Waals surface area contributed by atoms with Gasteiger partial charge in [0.2, 0.25) is 0 Å². The predicted octanol–water partition coefficient (Wildman–Crippen LogP) is 1.18. The molecular formula is C10H21NO2. The lowest BCUT2D eigenvalue weighted by Gasteiger charge is -2.22. The number of ether oxygens (including phenoxy) is 2. The molecule has 1 fully saturated rings. The Hall–Kier alpha value is -0.120. The fourth-order valence-electron chi connectivity index (χ4n) is 1.56. The van der Waals surface area contributed by atoms with Crippen molar-refractivity contribution in [1.29, 1.82) is 0 Å². The van der Waals surface area contributed by atoms with Crippen molar-refractivity contribution in [2.75, 3.05) is 33.4 Å². The van der Waals surface area contributed by atoms with Crippen LogP contribution in [0.2, 0.25) is 0 Å². The summed E-state index contributed by atoms with van der Waals surface area (Å²) in [4.78, 5) is 0. The van der Waals surface area contributed by atoms with Crippen LogP contribution in [0.15, 0.2) is 0 Å². The third kappa shape index (κ3) is 5.24. The number of nitrogens with one attached hydrogen (secondary N) is 1. The van der Waals surface area contributed by atoms with Gasteiger partial charge < -0.3 is 14.8 Å². The average molecular weight is 187 g/mol. The topological polar surface area (TPSA) is 30.5 Å². The van der Waals surface area contributed by atoms with Crippen molar-refractivity contribution in [3.63, 3.8) is 0 Å². The third-order valence-electron chi connectivity index (χ3n) is 2.35. The van der Waals surface area contributed by atoms with Crippen LogP contribution in [0.4, 0.5) is 0 Å². The van der Waals surface area contributed by atoms with Gasteiger partial charge in [0.15, 0.2) is 0 Å². The standard InChI is InChI=1S/C10H21NO2/c1-12-7-2-3-8-13-10-5-4-6-11-9-10/h10-11H,2-9H2,1H3/t10-/m0/s1. The molecular weight excluding hydrogens is 166 g/mol. The van der Waals surface area contributed by atoms with Gasteiger partial charge in [0.1, 0.15) is 0 Å². The maximum absolute atomic E-state index is 5.71. The Morgan fingerprint density at radius 3 is 2.85 bits per heavy atom. The number of hydrogen-bond acceptors (Lipinski definition) is 3. The number of methoxy groups -OCH3 is 1. The second-order valence-electron chi connectivity index (χ2n) is 3.54. The van der Waals surface area contributed by atoms with Crippen molar-refractivity contribution < 1.29 is 9.47 Å². The van der Waals surface area contributed by atoms with E-state index in [1.807, 2.05) is 0 Å². The Morgan fingerprint density at radius 2 is 2.15 bits per heavy atom. The van der Waals surface area contributed by atoms with E-state index in [9.17, 15) is 0 Å². The summed E-state index contributed by atoms with van der Waals surface area (Å²) in [6, 6.07) is 0. The maximum Gasteiger partial charge on any atom is 0.0699 e. The summed E-state index contributed by atoms with van der Waals surface area (Å²) in [6.07, 6.45) is 5.15. The zero-order valence-electron chi connectivity index (χ0n) is 8.55. The van der Waals surface area contributed by atoms with E-state index in [1.165, 1.54) is 12.8 Å². The summed E-state index contributed by atoms with van der Waals surface area (Å²) in [5, 5.41) is 3.34. The average Bonchev–Trinajstić information content (AvgIpc) is 2.19. The summed E-state index contributed by atoms with van der Waals surface area (Å²) in [5.41, 5.74) is 0. The molecule has 3 nitrogen and oxygen atoms in total. The van der Waals surface area contributed by atoms with Crippen LogP contribution in [-0.2, 0) is 9.47 Å². The molecule has 0 aromatic carbocycles. The van der Waals surface area contributed by atoms with Gasteiger partial charge in [-0.05, 0) is 32.2 Å². The molecule has 0 aliphatic carbocycles. The van der Waals surface area contributed by atoms with Gasteiger partial charge in [-0.2, -0.15) is 0 Å². The van der Waals surface area contributed by atoms with E-state index in [2.05, 4.69) is 5.32 Å². The molecule has 0 saturated carbocycles. The van der Waals surface area contributed by atoms with E-state index >= 15 is 0 Å². The number of hydrogen-bond donors (Lipinski definition) is 1. The summed E-state index contributed by atoms with van der Waals surface area (Å²) in [7, 11) is 1.74. The van der Waals surface area contributed by atoms with Crippen molar-refractivity contribution in [1.82, 2.24) is 5.32 Å². The Balaban J connectivity index is 1.86. The highest BCUT2D eigenvalue weighted by atomic mass is 16.5. The fourth-order valence-corrected chi connectivity index (χ4v) is 1.56. The van der Waals surface area contributed by atoms with Crippen LogP contribution >= 0.6 is 0 Å². The minimum Gasteiger partial charge on any atom is -0.385 e. The minimum absolute atomic E-state index is 0.455. The number of unbranched alkanes of at least 4 members (excludes halogenated alkanes) is 1. The normalized spacial score (nSPS) is 23.3. The molecule has 0 amide bonds. The quantitative estimate of drug-likeness (QED) is 0.633. The summed E-state index contributed by atoms with van der Waals surface area (Å²) in [6.45, 7) is 3.93. The molecule has 1 N–H and O–H groups in total. The van der Waals surface area contributed by atoms with Gasteiger partial charge in [-0.15, -0.1) is 0 Å². The molecule has 1 atom stereocenters. The number of rotatable bonds is 6. The largest absolute Gasteiger partial charge is 0.385 e. The Labute approximate surface area is 80.8 Å². The molecule has 0 aromatic heterocycles. The van der Waals surface area contributed by atoms with Gasteiger partial charge in [-0.1, -0.05) is 0 Å². The molecule has 1 aliphatic heterocycles. The van der Waals surface area contributed by atoms with Gasteiger partial charge in [0.05, 0.1) is 6.10 Å². The highest BCUT2D eigenvalue weighted by Crippen LogP contribution is 2.06. The van der Waals surface area contributed by atoms with Crippen LogP contribution in [0, 0.1) is 0 Å². The lowest BCUT2D eigenvalue weighted by Crippen LogP contribution is -2.35. The van der Waals surface area contributed by atoms with E-state index in [-0.39, 0.29) is 0 Å². The first kappa shape index (κ1) is 11.0. The van der Waals surface area contributed by atoms with Crippen LogP contribution in [0.5, 0.6) is 0 Å². The van der Waals surface area contributed by atoms with Gasteiger partial charge in [0, 0.05) is 26.9 Å². The molecule has 1 saturated heterocycles. The fraction of sp³-hybridized carbons (Fsp3) is 1.00. The Bertz CT molecular complexity index is 113. The lowest BCUT2D eigenvalue weighted by atomic mass is 10.1. The Morgan fingerprint density at radius 1 is 1.31 bits per heavy atom. The highest BCUT2D eigenvalue weighted by molar-refractivity contribution is 4.68. The van der Waals surface area contributed by atoms with Crippen molar-refractivity contribution in [3.8, 4) is 0 Å².